The molecule has 13 heavy (non-hydrogen) atoms. The van der Waals surface area contributed by atoms with Gasteiger partial charge in [-0.1, -0.05) is 12.8 Å². The van der Waals surface area contributed by atoms with Crippen molar-refractivity contribution in [2.75, 3.05) is 13.7 Å². The van der Waals surface area contributed by atoms with Crippen LogP contribution in [-0.4, -0.2) is 26.0 Å². The number of methoxy groups -OCH3 is 1. The van der Waals surface area contributed by atoms with Crippen LogP contribution in [0.1, 0.15) is 32.1 Å². The van der Waals surface area contributed by atoms with Crippen molar-refractivity contribution in [2.24, 2.45) is 0 Å². The van der Waals surface area contributed by atoms with E-state index in [1.807, 2.05) is 0 Å². The highest BCUT2D eigenvalue weighted by molar-refractivity contribution is 5.68. The highest BCUT2D eigenvalue weighted by atomic mass is 16.5. The Balaban J connectivity index is 2.99. The van der Waals surface area contributed by atoms with E-state index in [-0.39, 0.29) is 5.97 Å². The standard InChI is InChI=1S/C9H16NO3/c1-13-9(12)6-4-2-3-5-7-10-8-11/h2-7H2,1H3,(H,10,11). The third-order valence-electron chi connectivity index (χ3n) is 1.73. The fraction of sp³-hybridized carbons (Fsp3) is 0.778. The van der Waals surface area contributed by atoms with E-state index < -0.39 is 0 Å². The Bertz CT molecular complexity index is 148. The lowest BCUT2D eigenvalue weighted by Crippen LogP contribution is -2.11. The number of esters is 1. The van der Waals surface area contributed by atoms with E-state index in [2.05, 4.69) is 10.1 Å². The van der Waals surface area contributed by atoms with Crippen LogP contribution in [0.4, 0.5) is 0 Å². The average molecular weight is 186 g/mol. The van der Waals surface area contributed by atoms with Crippen molar-refractivity contribution in [2.45, 2.75) is 32.1 Å². The molecular weight excluding hydrogens is 170 g/mol. The Morgan fingerprint density at radius 2 is 2.00 bits per heavy atom. The fourth-order valence-corrected chi connectivity index (χ4v) is 0.989. The van der Waals surface area contributed by atoms with Gasteiger partial charge >= 0.3 is 12.4 Å². The molecule has 1 amide bonds. The second-order valence-electron chi connectivity index (χ2n) is 2.77. The molecule has 1 N–H and O–H groups in total. The van der Waals surface area contributed by atoms with Gasteiger partial charge in [0.2, 0.25) is 0 Å². The van der Waals surface area contributed by atoms with E-state index in [1.165, 1.54) is 7.11 Å². The highest BCUT2D eigenvalue weighted by Gasteiger charge is 1.98. The third-order valence-corrected chi connectivity index (χ3v) is 1.73. The van der Waals surface area contributed by atoms with Gasteiger partial charge in [0.15, 0.2) is 0 Å². The number of carbonyl (C=O) groups excluding carboxylic acids is 2. The number of hydrogen-bond acceptors (Lipinski definition) is 3. The lowest BCUT2D eigenvalue weighted by molar-refractivity contribution is -0.140. The summed E-state index contributed by atoms with van der Waals surface area (Å²) in [5.74, 6) is -0.153. The first kappa shape index (κ1) is 11.9. The number of ether oxygens (including phenoxy) is 1. The summed E-state index contributed by atoms with van der Waals surface area (Å²) < 4.78 is 4.49. The van der Waals surface area contributed by atoms with Gasteiger partial charge in [0.1, 0.15) is 0 Å². The molecule has 0 aromatic carbocycles. The maximum Gasteiger partial charge on any atom is 0.309 e. The van der Waals surface area contributed by atoms with Crippen LogP contribution in [0.3, 0.4) is 0 Å². The van der Waals surface area contributed by atoms with Crippen molar-refractivity contribution in [1.82, 2.24) is 5.32 Å². The first-order valence-electron chi connectivity index (χ1n) is 4.48. The zero-order chi connectivity index (χ0) is 9.94. The number of rotatable bonds is 8. The maximum absolute atomic E-state index is 10.7. The van der Waals surface area contributed by atoms with Crippen LogP contribution in [0, 0.1) is 0 Å². The van der Waals surface area contributed by atoms with Crippen molar-refractivity contribution in [3.05, 3.63) is 0 Å². The molecule has 0 aliphatic heterocycles. The quantitative estimate of drug-likeness (QED) is 0.346. The molecular formula is C9H16NO3. The molecule has 0 saturated carbocycles. The van der Waals surface area contributed by atoms with Gasteiger partial charge in [-0.3, -0.25) is 9.59 Å². The Morgan fingerprint density at radius 1 is 1.31 bits per heavy atom. The number of carbonyl (C=O) groups is 1. The van der Waals surface area contributed by atoms with E-state index >= 15 is 0 Å². The molecule has 1 radical (unpaired) electrons. The van der Waals surface area contributed by atoms with Crippen LogP contribution in [0.25, 0.3) is 0 Å². The van der Waals surface area contributed by atoms with Gasteiger partial charge in [-0.2, -0.15) is 0 Å². The molecule has 4 heteroatoms. The minimum atomic E-state index is -0.153. The van der Waals surface area contributed by atoms with Crippen LogP contribution in [-0.2, 0) is 14.3 Å². The van der Waals surface area contributed by atoms with Crippen molar-refractivity contribution >= 4 is 12.4 Å². The smallest absolute Gasteiger partial charge is 0.309 e. The summed E-state index contributed by atoms with van der Waals surface area (Å²) in [6.45, 7) is 0.668. The minimum Gasteiger partial charge on any atom is -0.469 e. The second kappa shape index (κ2) is 9.03. The Kier molecular flexibility index (Phi) is 8.30. The van der Waals surface area contributed by atoms with Crippen LogP contribution in [0.15, 0.2) is 0 Å². The van der Waals surface area contributed by atoms with Gasteiger partial charge in [0, 0.05) is 13.0 Å². The number of unbranched alkanes of at least 4 members (excludes halogenated alkanes) is 3. The third kappa shape index (κ3) is 8.85. The summed E-state index contributed by atoms with van der Waals surface area (Å²) in [5.41, 5.74) is 0. The van der Waals surface area contributed by atoms with Crippen LogP contribution < -0.4 is 5.32 Å². The molecule has 0 bridgehead atoms. The van der Waals surface area contributed by atoms with E-state index in [1.54, 1.807) is 6.41 Å². The first-order valence-corrected chi connectivity index (χ1v) is 4.48. The fourth-order valence-electron chi connectivity index (χ4n) is 0.989. The molecule has 0 rings (SSSR count). The molecule has 0 fully saturated rings. The molecule has 75 valence electrons. The second-order valence-corrected chi connectivity index (χ2v) is 2.77. The number of amides is 1. The molecule has 0 saturated heterocycles. The lowest BCUT2D eigenvalue weighted by atomic mass is 10.1. The molecule has 0 unspecified atom stereocenters. The van der Waals surface area contributed by atoms with Gasteiger partial charge in [0.25, 0.3) is 0 Å². The van der Waals surface area contributed by atoms with Gasteiger partial charge in [0.05, 0.1) is 7.11 Å². The Morgan fingerprint density at radius 3 is 2.62 bits per heavy atom. The molecule has 0 aromatic rings. The normalized spacial score (nSPS) is 9.31. The summed E-state index contributed by atoms with van der Waals surface area (Å²) in [6.07, 6.45) is 5.92. The van der Waals surface area contributed by atoms with Crippen molar-refractivity contribution in [3.8, 4) is 0 Å². The van der Waals surface area contributed by atoms with Crippen LogP contribution >= 0.6 is 0 Å². The van der Waals surface area contributed by atoms with E-state index in [0.717, 1.165) is 25.7 Å². The monoisotopic (exact) mass is 186 g/mol. The molecule has 0 spiro atoms. The SMILES string of the molecule is COC(=O)CCCCCCN[C]=O. The molecule has 0 atom stereocenters. The Labute approximate surface area is 78.6 Å². The molecule has 0 heterocycles. The summed E-state index contributed by atoms with van der Waals surface area (Å²) in [6, 6.07) is 0. The molecule has 0 aliphatic rings. The van der Waals surface area contributed by atoms with E-state index in [4.69, 9.17) is 0 Å². The van der Waals surface area contributed by atoms with Gasteiger partial charge < -0.3 is 10.1 Å². The van der Waals surface area contributed by atoms with Gasteiger partial charge in [-0.25, -0.2) is 0 Å². The van der Waals surface area contributed by atoms with E-state index in [0.29, 0.717) is 13.0 Å². The predicted molar refractivity (Wildman–Crippen MR) is 48.8 cm³/mol. The molecule has 0 aliphatic carbocycles. The zero-order valence-electron chi connectivity index (χ0n) is 7.97. The van der Waals surface area contributed by atoms with Crippen LogP contribution in [0.2, 0.25) is 0 Å². The Hall–Kier alpha value is -1.06. The molecule has 0 aromatic heterocycles. The minimum absolute atomic E-state index is 0.153. The van der Waals surface area contributed by atoms with Gasteiger partial charge in [-0.15, -0.1) is 0 Å². The number of nitrogens with one attached hydrogen (secondary N) is 1. The highest BCUT2D eigenvalue weighted by Crippen LogP contribution is 2.02. The summed E-state index contributed by atoms with van der Waals surface area (Å²) in [7, 11) is 1.40. The number of hydrogen-bond donors (Lipinski definition) is 1. The summed E-state index contributed by atoms with van der Waals surface area (Å²) in [4.78, 5) is 20.4. The van der Waals surface area contributed by atoms with Crippen molar-refractivity contribution < 1.29 is 14.3 Å². The predicted octanol–water partition coefficient (Wildman–Crippen LogP) is 0.767. The average Bonchev–Trinajstić information content (AvgIpc) is 2.16. The lowest BCUT2D eigenvalue weighted by Gasteiger charge is -1.99. The van der Waals surface area contributed by atoms with Crippen LogP contribution in [0.5, 0.6) is 0 Å². The summed E-state index contributed by atoms with van der Waals surface area (Å²) in [5, 5.41) is 2.46. The van der Waals surface area contributed by atoms with Crippen molar-refractivity contribution in [3.63, 3.8) is 0 Å². The van der Waals surface area contributed by atoms with Crippen molar-refractivity contribution in [1.29, 1.82) is 0 Å². The van der Waals surface area contributed by atoms with E-state index in [9.17, 15) is 9.59 Å². The summed E-state index contributed by atoms with van der Waals surface area (Å²) >= 11 is 0. The van der Waals surface area contributed by atoms with Gasteiger partial charge in [-0.05, 0) is 12.8 Å². The maximum atomic E-state index is 10.7. The molecule has 4 nitrogen and oxygen atoms in total. The zero-order valence-corrected chi connectivity index (χ0v) is 7.97. The first-order chi connectivity index (χ1) is 6.31. The largest absolute Gasteiger partial charge is 0.469 e. The topological polar surface area (TPSA) is 55.4 Å².